The summed E-state index contributed by atoms with van der Waals surface area (Å²) in [5.41, 5.74) is 5.04. The summed E-state index contributed by atoms with van der Waals surface area (Å²) in [5, 5.41) is 0. The number of rotatable bonds is 5. The zero-order chi connectivity index (χ0) is 20.6. The van der Waals surface area contributed by atoms with Gasteiger partial charge in [-0.2, -0.15) is 0 Å². The Morgan fingerprint density at radius 1 is 0.931 bits per heavy atom. The van der Waals surface area contributed by atoms with E-state index in [9.17, 15) is 8.42 Å². The molecule has 1 heterocycles. The quantitative estimate of drug-likeness (QED) is 0.455. The van der Waals surface area contributed by atoms with Crippen molar-refractivity contribution < 1.29 is 8.42 Å². The van der Waals surface area contributed by atoms with Crippen LogP contribution in [0.4, 0.5) is 0 Å². The van der Waals surface area contributed by atoms with Crippen LogP contribution in [0, 0.1) is 0 Å². The molecule has 4 rings (SSSR count). The highest BCUT2D eigenvalue weighted by atomic mass is 32.2. The van der Waals surface area contributed by atoms with Gasteiger partial charge in [-0.05, 0) is 35.2 Å². The van der Waals surface area contributed by atoms with Crippen LogP contribution in [0.1, 0.15) is 30.9 Å². The second kappa shape index (κ2) is 7.48. The van der Waals surface area contributed by atoms with Crippen LogP contribution in [0.2, 0.25) is 0 Å². The zero-order valence-corrected chi connectivity index (χ0v) is 17.6. The lowest BCUT2D eigenvalue weighted by Crippen LogP contribution is -2.03. The third-order valence-electron chi connectivity index (χ3n) is 5.17. The summed E-state index contributed by atoms with van der Waals surface area (Å²) in [5.74, 6) is 1.30. The molecule has 148 valence electrons. The Balaban J connectivity index is 1.91. The smallest absolute Gasteiger partial charge is 0.175 e. The second-order valence-corrected chi connectivity index (χ2v) is 9.72. The van der Waals surface area contributed by atoms with Gasteiger partial charge in [0.25, 0.3) is 0 Å². The summed E-state index contributed by atoms with van der Waals surface area (Å²) < 4.78 is 26.3. The highest BCUT2D eigenvalue weighted by Gasteiger charge is 2.16. The van der Waals surface area contributed by atoms with Crippen LogP contribution >= 0.6 is 0 Å². The number of benzene rings is 3. The number of hydrogen-bond acceptors (Lipinski definition) is 3. The summed E-state index contributed by atoms with van der Waals surface area (Å²) in [4.78, 5) is 5.15. The van der Waals surface area contributed by atoms with Crippen LogP contribution in [-0.2, 0) is 16.4 Å². The largest absolute Gasteiger partial charge is 0.319 e. The highest BCUT2D eigenvalue weighted by molar-refractivity contribution is 7.90. The molecule has 1 aromatic heterocycles. The number of fused-ring (bicyclic) bond motifs is 1. The predicted octanol–water partition coefficient (Wildman–Crippen LogP) is 5.28. The molecular formula is C24H24N2O2S. The molecule has 4 nitrogen and oxygen atoms in total. The molecule has 0 fully saturated rings. The lowest BCUT2D eigenvalue weighted by Gasteiger charge is -2.11. The first-order valence-corrected chi connectivity index (χ1v) is 11.6. The van der Waals surface area contributed by atoms with Crippen LogP contribution in [0.25, 0.3) is 22.4 Å². The molecule has 0 spiro atoms. The second-order valence-electron chi connectivity index (χ2n) is 7.71. The van der Waals surface area contributed by atoms with E-state index in [-0.39, 0.29) is 0 Å². The van der Waals surface area contributed by atoms with Crippen molar-refractivity contribution in [3.63, 3.8) is 0 Å². The lowest BCUT2D eigenvalue weighted by molar-refractivity contribution is 0.602. The van der Waals surface area contributed by atoms with Crippen LogP contribution in [0.15, 0.2) is 77.7 Å². The molecule has 3 aromatic carbocycles. The number of nitrogens with zero attached hydrogens (tertiary/aromatic N) is 2. The number of hydrogen-bond donors (Lipinski definition) is 0. The van der Waals surface area contributed by atoms with Crippen molar-refractivity contribution in [3.8, 4) is 11.4 Å². The fourth-order valence-corrected chi connectivity index (χ4v) is 4.14. The Morgan fingerprint density at radius 3 is 2.24 bits per heavy atom. The van der Waals surface area contributed by atoms with Gasteiger partial charge in [-0.25, -0.2) is 13.4 Å². The van der Waals surface area contributed by atoms with Gasteiger partial charge in [-0.1, -0.05) is 68.4 Å². The highest BCUT2D eigenvalue weighted by Crippen LogP contribution is 2.29. The lowest BCUT2D eigenvalue weighted by atomic mass is 10.0. The average molecular weight is 405 g/mol. The van der Waals surface area contributed by atoms with E-state index in [1.165, 1.54) is 11.8 Å². The Morgan fingerprint density at radius 2 is 1.62 bits per heavy atom. The fraction of sp³-hybridized carbons (Fsp3) is 0.208. The average Bonchev–Trinajstić information content (AvgIpc) is 3.06. The van der Waals surface area contributed by atoms with Gasteiger partial charge in [0.05, 0.1) is 15.9 Å². The molecule has 0 radical (unpaired) electrons. The van der Waals surface area contributed by atoms with E-state index in [0.29, 0.717) is 17.4 Å². The maximum absolute atomic E-state index is 12.1. The summed E-state index contributed by atoms with van der Waals surface area (Å²) in [6.07, 6.45) is 1.23. The first kappa shape index (κ1) is 19.4. The topological polar surface area (TPSA) is 52.0 Å². The molecule has 0 amide bonds. The van der Waals surface area contributed by atoms with Crippen molar-refractivity contribution in [1.29, 1.82) is 0 Å². The van der Waals surface area contributed by atoms with Crippen molar-refractivity contribution in [2.24, 2.45) is 0 Å². The molecule has 0 aliphatic rings. The number of aromatic nitrogens is 2. The molecule has 0 unspecified atom stereocenters. The summed E-state index contributed by atoms with van der Waals surface area (Å²) in [6.45, 7) is 4.96. The van der Waals surface area contributed by atoms with Crippen LogP contribution < -0.4 is 0 Å². The van der Waals surface area contributed by atoms with Gasteiger partial charge >= 0.3 is 0 Å². The monoisotopic (exact) mass is 404 g/mol. The van der Waals surface area contributed by atoms with E-state index in [1.54, 1.807) is 18.2 Å². The Hall–Kier alpha value is -2.92. The first-order valence-electron chi connectivity index (χ1n) is 9.67. The molecular weight excluding hydrogens is 380 g/mol. The van der Waals surface area contributed by atoms with Crippen molar-refractivity contribution >= 4 is 20.9 Å². The number of imidazole rings is 1. The minimum absolute atomic E-state index is 0.306. The fourth-order valence-electron chi connectivity index (χ4n) is 3.50. The van der Waals surface area contributed by atoms with Crippen molar-refractivity contribution in [2.45, 2.75) is 31.2 Å². The molecule has 0 aliphatic carbocycles. The molecule has 4 aromatic rings. The Labute approximate surface area is 171 Å². The Bertz CT molecular complexity index is 1260. The molecule has 5 heteroatoms. The Kier molecular flexibility index (Phi) is 5.01. The van der Waals surface area contributed by atoms with Gasteiger partial charge in [-0.15, -0.1) is 0 Å². The van der Waals surface area contributed by atoms with Crippen LogP contribution in [0.3, 0.4) is 0 Å². The summed E-state index contributed by atoms with van der Waals surface area (Å²) >= 11 is 0. The molecule has 0 bridgehead atoms. The predicted molar refractivity (Wildman–Crippen MR) is 118 cm³/mol. The molecule has 0 aliphatic heterocycles. The molecule has 0 N–H and O–H groups in total. The van der Waals surface area contributed by atoms with Crippen LogP contribution in [0.5, 0.6) is 0 Å². The van der Waals surface area contributed by atoms with E-state index >= 15 is 0 Å². The zero-order valence-electron chi connectivity index (χ0n) is 16.8. The van der Waals surface area contributed by atoms with E-state index in [4.69, 9.17) is 4.98 Å². The van der Waals surface area contributed by atoms with Crippen LogP contribution in [-0.4, -0.2) is 24.2 Å². The van der Waals surface area contributed by atoms with E-state index in [1.807, 2.05) is 18.2 Å². The van der Waals surface area contributed by atoms with Crippen molar-refractivity contribution in [2.75, 3.05) is 6.26 Å². The normalized spacial score (nSPS) is 12.0. The van der Waals surface area contributed by atoms with Gasteiger partial charge < -0.3 is 4.57 Å². The number of sulfone groups is 1. The maximum Gasteiger partial charge on any atom is 0.175 e. The van der Waals surface area contributed by atoms with Gasteiger partial charge in [0.1, 0.15) is 5.82 Å². The minimum Gasteiger partial charge on any atom is -0.319 e. The van der Waals surface area contributed by atoms with Gasteiger partial charge in [-0.3, -0.25) is 0 Å². The van der Waals surface area contributed by atoms with Gasteiger partial charge in [0.15, 0.2) is 9.84 Å². The SMILES string of the molecule is CC(C)c1ccc(-c2nc3ccc(S(C)(=O)=O)cc3n2Cc2ccccc2)cc1. The maximum atomic E-state index is 12.1. The summed E-state index contributed by atoms with van der Waals surface area (Å²) in [6, 6.07) is 23.7. The third-order valence-corrected chi connectivity index (χ3v) is 6.28. The third kappa shape index (κ3) is 3.96. The molecule has 29 heavy (non-hydrogen) atoms. The standard InChI is InChI=1S/C24H24N2O2S/c1-17(2)19-9-11-20(12-10-19)24-25-22-14-13-21(29(3,27)28)15-23(22)26(24)16-18-7-5-4-6-8-18/h4-15,17H,16H2,1-3H3. The van der Waals surface area contributed by atoms with E-state index < -0.39 is 9.84 Å². The molecule has 0 saturated carbocycles. The summed E-state index contributed by atoms with van der Waals surface area (Å²) in [7, 11) is -3.30. The van der Waals surface area contributed by atoms with E-state index in [0.717, 1.165) is 28.0 Å². The molecule has 0 atom stereocenters. The van der Waals surface area contributed by atoms with E-state index in [2.05, 4.69) is 54.8 Å². The van der Waals surface area contributed by atoms with Gasteiger partial charge in [0.2, 0.25) is 0 Å². The first-order chi connectivity index (χ1) is 13.8. The minimum atomic E-state index is -3.30. The van der Waals surface area contributed by atoms with Crippen molar-refractivity contribution in [1.82, 2.24) is 9.55 Å². The molecule has 0 saturated heterocycles. The van der Waals surface area contributed by atoms with Gasteiger partial charge in [0, 0.05) is 18.4 Å². The van der Waals surface area contributed by atoms with Crippen molar-refractivity contribution in [3.05, 3.63) is 83.9 Å².